The molecular formula is C14H19FN2O5S. The lowest BCUT2D eigenvalue weighted by Gasteiger charge is -2.29. The normalized spacial score (nSPS) is 17.7. The maximum atomic E-state index is 13.3. The molecule has 1 amide bonds. The number of sulfonamides is 1. The van der Waals surface area contributed by atoms with Crippen LogP contribution in [0.25, 0.3) is 0 Å². The number of nitrogens with one attached hydrogen (secondary N) is 2. The molecule has 9 heteroatoms. The Labute approximate surface area is 133 Å². The van der Waals surface area contributed by atoms with Gasteiger partial charge in [0.2, 0.25) is 10.0 Å². The molecule has 0 bridgehead atoms. The molecule has 0 unspecified atom stereocenters. The van der Waals surface area contributed by atoms with Crippen LogP contribution in [-0.4, -0.2) is 38.8 Å². The zero-order valence-electron chi connectivity index (χ0n) is 12.6. The molecule has 0 aliphatic carbocycles. The number of halogens is 1. The number of amides is 1. The van der Waals surface area contributed by atoms with E-state index in [4.69, 9.17) is 9.94 Å². The molecule has 2 rings (SSSR count). The molecule has 1 aliphatic heterocycles. The summed E-state index contributed by atoms with van der Waals surface area (Å²) in [5, 5.41) is 8.87. The summed E-state index contributed by atoms with van der Waals surface area (Å²) in [5.41, 5.74) is 1.67. The highest BCUT2D eigenvalue weighted by atomic mass is 32.2. The number of rotatable bonds is 5. The molecule has 0 spiro atoms. The van der Waals surface area contributed by atoms with E-state index in [1.807, 2.05) is 0 Å². The molecule has 1 aliphatic rings. The number of hydrogen-bond acceptors (Lipinski definition) is 5. The van der Waals surface area contributed by atoms with Gasteiger partial charge in [-0.15, -0.1) is 0 Å². The third-order valence-corrected chi connectivity index (χ3v) is 5.29. The fourth-order valence-corrected chi connectivity index (χ4v) is 3.85. The van der Waals surface area contributed by atoms with Crippen molar-refractivity contribution >= 4 is 15.9 Å². The van der Waals surface area contributed by atoms with Gasteiger partial charge in [-0.05, 0) is 49.4 Å². The molecule has 1 atom stereocenters. The first kappa shape index (κ1) is 17.8. The van der Waals surface area contributed by atoms with E-state index in [0.717, 1.165) is 12.1 Å². The molecule has 1 heterocycles. The largest absolute Gasteiger partial charge is 0.381 e. The number of ether oxygens (including phenoxy) is 1. The Bertz CT molecular complexity index is 674. The highest BCUT2D eigenvalue weighted by Crippen LogP contribution is 2.22. The van der Waals surface area contributed by atoms with Crippen molar-refractivity contribution < 1.29 is 27.5 Å². The number of benzene rings is 1. The summed E-state index contributed by atoms with van der Waals surface area (Å²) in [5.74, 6) is -1.65. The van der Waals surface area contributed by atoms with Crippen LogP contribution in [0.2, 0.25) is 0 Å². The van der Waals surface area contributed by atoms with E-state index in [2.05, 4.69) is 4.72 Å². The number of aryl methyl sites for hydroxylation is 1. The number of hydrogen-bond donors (Lipinski definition) is 3. The maximum Gasteiger partial charge on any atom is 0.261 e. The molecule has 1 aromatic rings. The fourth-order valence-electron chi connectivity index (χ4n) is 2.50. The predicted molar refractivity (Wildman–Crippen MR) is 78.7 cm³/mol. The molecule has 1 aromatic carbocycles. The molecule has 23 heavy (non-hydrogen) atoms. The lowest BCUT2D eigenvalue weighted by Crippen LogP contribution is -2.51. The van der Waals surface area contributed by atoms with Gasteiger partial charge in [0.15, 0.2) is 0 Å². The Morgan fingerprint density at radius 3 is 2.61 bits per heavy atom. The third-order valence-electron chi connectivity index (χ3n) is 3.85. The first-order valence-corrected chi connectivity index (χ1v) is 8.63. The van der Waals surface area contributed by atoms with Gasteiger partial charge in [0, 0.05) is 13.2 Å². The molecule has 1 saturated heterocycles. The summed E-state index contributed by atoms with van der Waals surface area (Å²) in [6.45, 7) is 2.28. The zero-order valence-corrected chi connectivity index (χ0v) is 13.4. The van der Waals surface area contributed by atoms with Gasteiger partial charge in [-0.25, -0.2) is 18.3 Å². The first-order chi connectivity index (χ1) is 10.8. The Kier molecular flexibility index (Phi) is 5.69. The van der Waals surface area contributed by atoms with Crippen molar-refractivity contribution in [3.63, 3.8) is 0 Å². The number of carbonyl (C=O) groups excluding carboxylic acids is 1. The van der Waals surface area contributed by atoms with Crippen LogP contribution < -0.4 is 10.2 Å². The molecule has 7 nitrogen and oxygen atoms in total. The van der Waals surface area contributed by atoms with Crippen molar-refractivity contribution in [1.82, 2.24) is 10.2 Å². The van der Waals surface area contributed by atoms with Crippen molar-refractivity contribution in [1.29, 1.82) is 0 Å². The lowest BCUT2D eigenvalue weighted by molar-refractivity contribution is -0.133. The Morgan fingerprint density at radius 1 is 1.39 bits per heavy atom. The van der Waals surface area contributed by atoms with Crippen LogP contribution in [0.15, 0.2) is 23.1 Å². The second kappa shape index (κ2) is 7.35. The smallest absolute Gasteiger partial charge is 0.261 e. The van der Waals surface area contributed by atoms with Crippen LogP contribution in [0, 0.1) is 18.7 Å². The van der Waals surface area contributed by atoms with Gasteiger partial charge in [0.1, 0.15) is 11.9 Å². The van der Waals surface area contributed by atoms with Crippen molar-refractivity contribution in [3.8, 4) is 0 Å². The molecule has 0 radical (unpaired) electrons. The summed E-state index contributed by atoms with van der Waals surface area (Å²) in [4.78, 5) is 11.7. The van der Waals surface area contributed by atoms with Crippen LogP contribution in [0.3, 0.4) is 0 Å². The Hall–Kier alpha value is -1.55. The van der Waals surface area contributed by atoms with Gasteiger partial charge < -0.3 is 4.74 Å². The quantitative estimate of drug-likeness (QED) is 0.538. The Balaban J connectivity index is 2.26. The van der Waals surface area contributed by atoms with E-state index in [1.165, 1.54) is 18.5 Å². The molecule has 0 saturated carbocycles. The molecule has 128 valence electrons. The van der Waals surface area contributed by atoms with Crippen molar-refractivity contribution in [2.75, 3.05) is 13.2 Å². The second-order valence-corrected chi connectivity index (χ2v) is 7.15. The number of carbonyl (C=O) groups is 1. The topological polar surface area (TPSA) is 105 Å². The summed E-state index contributed by atoms with van der Waals surface area (Å²) in [7, 11) is -4.03. The molecular weight excluding hydrogens is 327 g/mol. The summed E-state index contributed by atoms with van der Waals surface area (Å²) < 4.78 is 45.7. The van der Waals surface area contributed by atoms with Gasteiger partial charge >= 0.3 is 0 Å². The van der Waals surface area contributed by atoms with Crippen LogP contribution in [-0.2, 0) is 19.6 Å². The molecule has 3 N–H and O–H groups in total. The summed E-state index contributed by atoms with van der Waals surface area (Å²) in [6, 6.07) is 2.25. The minimum atomic E-state index is -4.03. The number of hydroxylamine groups is 1. The maximum absolute atomic E-state index is 13.3. The fraction of sp³-hybridized carbons (Fsp3) is 0.500. The highest BCUT2D eigenvalue weighted by Gasteiger charge is 2.33. The predicted octanol–water partition coefficient (Wildman–Crippen LogP) is 0.713. The van der Waals surface area contributed by atoms with E-state index in [9.17, 15) is 17.6 Å². The van der Waals surface area contributed by atoms with E-state index < -0.39 is 27.8 Å². The van der Waals surface area contributed by atoms with Gasteiger partial charge in [-0.3, -0.25) is 10.0 Å². The zero-order chi connectivity index (χ0) is 17.0. The van der Waals surface area contributed by atoms with Crippen LogP contribution >= 0.6 is 0 Å². The SMILES string of the molecule is Cc1cc(S(=O)(=O)N[C@H](C(=O)NO)C2CCOCC2)ccc1F. The second-order valence-electron chi connectivity index (χ2n) is 5.44. The summed E-state index contributed by atoms with van der Waals surface area (Å²) >= 11 is 0. The average molecular weight is 346 g/mol. The average Bonchev–Trinajstić information content (AvgIpc) is 2.55. The van der Waals surface area contributed by atoms with Gasteiger partial charge in [0.05, 0.1) is 4.90 Å². The molecule has 0 aromatic heterocycles. The van der Waals surface area contributed by atoms with E-state index >= 15 is 0 Å². The summed E-state index contributed by atoms with van der Waals surface area (Å²) in [6.07, 6.45) is 0.978. The highest BCUT2D eigenvalue weighted by molar-refractivity contribution is 7.89. The first-order valence-electron chi connectivity index (χ1n) is 7.15. The van der Waals surface area contributed by atoms with Crippen molar-refractivity contribution in [2.24, 2.45) is 5.92 Å². The van der Waals surface area contributed by atoms with Gasteiger partial charge in [-0.1, -0.05) is 0 Å². The molecule has 1 fully saturated rings. The lowest BCUT2D eigenvalue weighted by atomic mass is 9.92. The minimum absolute atomic E-state index is 0.140. The van der Waals surface area contributed by atoms with Crippen molar-refractivity contribution in [2.45, 2.75) is 30.7 Å². The minimum Gasteiger partial charge on any atom is -0.381 e. The van der Waals surface area contributed by atoms with E-state index in [-0.39, 0.29) is 16.4 Å². The van der Waals surface area contributed by atoms with Gasteiger partial charge in [-0.2, -0.15) is 4.72 Å². The Morgan fingerprint density at radius 2 is 2.04 bits per heavy atom. The van der Waals surface area contributed by atoms with E-state index in [1.54, 1.807) is 0 Å². The van der Waals surface area contributed by atoms with Crippen LogP contribution in [0.5, 0.6) is 0 Å². The monoisotopic (exact) mass is 346 g/mol. The van der Waals surface area contributed by atoms with Crippen LogP contribution in [0.4, 0.5) is 4.39 Å². The standard InChI is InChI=1S/C14H19FN2O5S/c1-9-8-11(2-3-12(9)15)23(20,21)17-13(14(18)16-19)10-4-6-22-7-5-10/h2-3,8,10,13,17,19H,4-7H2,1H3,(H,16,18)/t13-/m0/s1. The van der Waals surface area contributed by atoms with Crippen molar-refractivity contribution in [3.05, 3.63) is 29.6 Å². The van der Waals surface area contributed by atoms with E-state index in [0.29, 0.717) is 26.1 Å². The van der Waals surface area contributed by atoms with Gasteiger partial charge in [0.25, 0.3) is 5.91 Å². The third kappa shape index (κ3) is 4.25. The van der Waals surface area contributed by atoms with Crippen LogP contribution in [0.1, 0.15) is 18.4 Å².